The average Bonchev–Trinajstić information content (AvgIpc) is 2.12. The molecule has 0 bridgehead atoms. The van der Waals surface area contributed by atoms with Crippen LogP contribution in [-0.2, 0) is 4.74 Å². The van der Waals surface area contributed by atoms with Crippen molar-refractivity contribution in [1.82, 2.24) is 4.98 Å². The second-order valence-corrected chi connectivity index (χ2v) is 3.61. The molecule has 0 aliphatic carbocycles. The number of pyridine rings is 1. The van der Waals surface area contributed by atoms with E-state index in [0.717, 1.165) is 0 Å². The van der Waals surface area contributed by atoms with E-state index in [4.69, 9.17) is 23.2 Å². The first-order valence-electron chi connectivity index (χ1n) is 3.15. The molecule has 1 rings (SSSR count). The molecule has 1 aromatic heterocycles. The Morgan fingerprint density at radius 2 is 2.23 bits per heavy atom. The predicted octanol–water partition coefficient (Wildman–Crippen LogP) is 2.94. The Bertz CT molecular complexity index is 357. The number of hydrogen-bond donors (Lipinski definition) is 0. The fourth-order valence-corrected chi connectivity index (χ4v) is 1.53. The number of hydrogen-bond acceptors (Lipinski definition) is 3. The zero-order chi connectivity index (χ0) is 10.0. The van der Waals surface area contributed by atoms with Gasteiger partial charge < -0.3 is 4.74 Å². The van der Waals surface area contributed by atoms with Crippen LogP contribution in [0.4, 0.5) is 0 Å². The number of rotatable bonds is 1. The molecule has 0 spiro atoms. The summed E-state index contributed by atoms with van der Waals surface area (Å²) in [6.45, 7) is 0. The number of carbonyl (C=O) groups is 1. The van der Waals surface area contributed by atoms with Crippen molar-refractivity contribution < 1.29 is 9.53 Å². The third kappa shape index (κ3) is 2.13. The van der Waals surface area contributed by atoms with Crippen molar-refractivity contribution in [3.63, 3.8) is 0 Å². The Hall–Kier alpha value is -0.320. The molecular weight excluding hydrogens is 281 g/mol. The van der Waals surface area contributed by atoms with Crippen LogP contribution in [0.3, 0.4) is 0 Å². The molecule has 3 nitrogen and oxygen atoms in total. The third-order valence-corrected chi connectivity index (χ3v) is 2.80. The Morgan fingerprint density at radius 3 is 2.77 bits per heavy atom. The van der Waals surface area contributed by atoms with Gasteiger partial charge in [-0.15, -0.1) is 0 Å². The quantitative estimate of drug-likeness (QED) is 0.588. The van der Waals surface area contributed by atoms with Crippen LogP contribution < -0.4 is 0 Å². The highest BCUT2D eigenvalue weighted by molar-refractivity contribution is 9.10. The molecule has 1 aromatic rings. The van der Waals surface area contributed by atoms with Crippen molar-refractivity contribution >= 4 is 45.1 Å². The lowest BCUT2D eigenvalue weighted by Crippen LogP contribution is -2.04. The maximum absolute atomic E-state index is 11.2. The predicted molar refractivity (Wildman–Crippen MR) is 53.3 cm³/mol. The van der Waals surface area contributed by atoms with Gasteiger partial charge in [-0.05, 0) is 15.9 Å². The molecule has 0 unspecified atom stereocenters. The summed E-state index contributed by atoms with van der Waals surface area (Å²) in [4.78, 5) is 15.0. The lowest BCUT2D eigenvalue weighted by Gasteiger charge is -2.04. The standard InChI is InChI=1S/C7H4BrCl2NO2/c1-13-7(12)4-3(9)2-11-6(8)5(4)10/h2H,1H3. The Balaban J connectivity index is 3.33. The summed E-state index contributed by atoms with van der Waals surface area (Å²) in [5.41, 5.74) is 0.118. The number of ether oxygens (including phenoxy) is 1. The van der Waals surface area contributed by atoms with Gasteiger partial charge in [0.05, 0.1) is 17.2 Å². The monoisotopic (exact) mass is 283 g/mol. The van der Waals surface area contributed by atoms with Crippen LogP contribution in [-0.4, -0.2) is 18.1 Å². The third-order valence-electron chi connectivity index (χ3n) is 1.32. The van der Waals surface area contributed by atoms with Crippen molar-refractivity contribution in [2.75, 3.05) is 7.11 Å². The normalized spacial score (nSPS) is 9.85. The molecule has 0 aliphatic rings. The first kappa shape index (κ1) is 10.8. The lowest BCUT2D eigenvalue weighted by atomic mass is 10.3. The van der Waals surface area contributed by atoms with E-state index >= 15 is 0 Å². The van der Waals surface area contributed by atoms with Gasteiger partial charge in [-0.3, -0.25) is 0 Å². The molecule has 0 amide bonds. The topological polar surface area (TPSA) is 39.2 Å². The first-order chi connectivity index (χ1) is 6.07. The molecule has 0 radical (unpaired) electrons. The summed E-state index contributed by atoms with van der Waals surface area (Å²) in [5, 5.41) is 0.319. The Labute approximate surface area is 93.1 Å². The average molecular weight is 285 g/mol. The number of halogens is 3. The van der Waals surface area contributed by atoms with Crippen LogP contribution in [0.25, 0.3) is 0 Å². The van der Waals surface area contributed by atoms with Crippen molar-refractivity contribution in [3.05, 3.63) is 26.4 Å². The first-order valence-corrected chi connectivity index (χ1v) is 4.70. The summed E-state index contributed by atoms with van der Waals surface area (Å²) in [6, 6.07) is 0. The molecule has 0 aliphatic heterocycles. The van der Waals surface area contributed by atoms with Crippen molar-refractivity contribution in [1.29, 1.82) is 0 Å². The van der Waals surface area contributed by atoms with Gasteiger partial charge in [0, 0.05) is 6.20 Å². The molecule has 0 fully saturated rings. The zero-order valence-electron chi connectivity index (χ0n) is 6.47. The molecule has 0 aromatic carbocycles. The van der Waals surface area contributed by atoms with Gasteiger partial charge in [0.2, 0.25) is 0 Å². The number of aromatic nitrogens is 1. The number of carbonyl (C=O) groups excluding carboxylic acids is 1. The fraction of sp³-hybridized carbons (Fsp3) is 0.143. The highest BCUT2D eigenvalue weighted by atomic mass is 79.9. The molecule has 0 saturated carbocycles. The van der Waals surface area contributed by atoms with E-state index in [0.29, 0.717) is 4.60 Å². The minimum atomic E-state index is -0.585. The molecule has 70 valence electrons. The highest BCUT2D eigenvalue weighted by Gasteiger charge is 2.18. The van der Waals surface area contributed by atoms with Crippen molar-refractivity contribution in [2.45, 2.75) is 0 Å². The molecule has 0 saturated heterocycles. The van der Waals surface area contributed by atoms with E-state index in [-0.39, 0.29) is 15.6 Å². The molecule has 1 heterocycles. The summed E-state index contributed by atoms with van der Waals surface area (Å²) in [7, 11) is 1.25. The summed E-state index contributed by atoms with van der Waals surface area (Å²) in [6.07, 6.45) is 1.32. The van der Waals surface area contributed by atoms with E-state index in [1.807, 2.05) is 0 Å². The Morgan fingerprint density at radius 1 is 1.62 bits per heavy atom. The second-order valence-electron chi connectivity index (χ2n) is 2.08. The zero-order valence-corrected chi connectivity index (χ0v) is 9.57. The van der Waals surface area contributed by atoms with Crippen LogP contribution >= 0.6 is 39.1 Å². The summed E-state index contributed by atoms with van der Waals surface area (Å²) >= 11 is 14.6. The molecular formula is C7H4BrCl2NO2. The van der Waals surface area contributed by atoms with E-state index in [9.17, 15) is 4.79 Å². The van der Waals surface area contributed by atoms with Gasteiger partial charge in [-0.25, -0.2) is 9.78 Å². The fourth-order valence-electron chi connectivity index (χ4n) is 0.732. The van der Waals surface area contributed by atoms with E-state index in [2.05, 4.69) is 25.7 Å². The summed E-state index contributed by atoms with van der Waals surface area (Å²) < 4.78 is 4.86. The number of nitrogens with zero attached hydrogens (tertiary/aromatic N) is 1. The smallest absolute Gasteiger partial charge is 0.341 e. The minimum absolute atomic E-state index is 0.118. The van der Waals surface area contributed by atoms with Gasteiger partial charge in [0.1, 0.15) is 10.2 Å². The van der Waals surface area contributed by atoms with Crippen molar-refractivity contribution in [3.8, 4) is 0 Å². The summed E-state index contributed by atoms with van der Waals surface area (Å²) in [5.74, 6) is -0.585. The lowest BCUT2D eigenvalue weighted by molar-refractivity contribution is 0.0601. The van der Waals surface area contributed by atoms with Gasteiger partial charge in [-0.1, -0.05) is 23.2 Å². The minimum Gasteiger partial charge on any atom is -0.465 e. The van der Waals surface area contributed by atoms with Gasteiger partial charge >= 0.3 is 5.97 Å². The highest BCUT2D eigenvalue weighted by Crippen LogP contribution is 2.29. The van der Waals surface area contributed by atoms with Crippen molar-refractivity contribution in [2.24, 2.45) is 0 Å². The SMILES string of the molecule is COC(=O)c1c(Cl)cnc(Br)c1Cl. The van der Waals surface area contributed by atoms with Crippen LogP contribution in [0.5, 0.6) is 0 Å². The van der Waals surface area contributed by atoms with Crippen LogP contribution in [0.2, 0.25) is 10.0 Å². The number of esters is 1. The molecule has 6 heteroatoms. The van der Waals surface area contributed by atoms with Gasteiger partial charge in [-0.2, -0.15) is 0 Å². The van der Waals surface area contributed by atoms with Crippen LogP contribution in [0, 0.1) is 0 Å². The van der Waals surface area contributed by atoms with E-state index in [1.54, 1.807) is 0 Å². The molecule has 13 heavy (non-hydrogen) atoms. The number of methoxy groups -OCH3 is 1. The van der Waals surface area contributed by atoms with Gasteiger partial charge in [0.15, 0.2) is 0 Å². The molecule has 0 N–H and O–H groups in total. The van der Waals surface area contributed by atoms with Crippen LogP contribution in [0.1, 0.15) is 10.4 Å². The Kier molecular flexibility index (Phi) is 3.53. The van der Waals surface area contributed by atoms with E-state index in [1.165, 1.54) is 13.3 Å². The van der Waals surface area contributed by atoms with Gasteiger partial charge in [0.25, 0.3) is 0 Å². The van der Waals surface area contributed by atoms with Crippen LogP contribution in [0.15, 0.2) is 10.8 Å². The molecule has 0 atom stereocenters. The maximum atomic E-state index is 11.2. The van der Waals surface area contributed by atoms with E-state index < -0.39 is 5.97 Å². The largest absolute Gasteiger partial charge is 0.465 e. The maximum Gasteiger partial charge on any atom is 0.341 e. The second kappa shape index (κ2) is 4.26.